The minimum absolute atomic E-state index is 0.403. The fourth-order valence-electron chi connectivity index (χ4n) is 0.330. The van der Waals surface area contributed by atoms with Gasteiger partial charge >= 0.3 is 0 Å². The first kappa shape index (κ1) is 13.2. The van der Waals surface area contributed by atoms with Crippen molar-refractivity contribution in [2.45, 2.75) is 27.2 Å². The minimum Gasteiger partial charge on any atom is -0.269 e. The molecular weight excluding hydrogens is 148 g/mol. The normalized spacial score (nSPS) is 9.00. The van der Waals surface area contributed by atoms with Crippen LogP contribution in [0, 0.1) is 11.3 Å². The van der Waals surface area contributed by atoms with Crippen LogP contribution in [0.15, 0.2) is 28.9 Å². The Morgan fingerprint density at radius 1 is 1.58 bits per heavy atom. The predicted molar refractivity (Wildman–Crippen MR) is 54.0 cm³/mol. The highest BCUT2D eigenvalue weighted by molar-refractivity contribution is 5.35. The van der Waals surface area contributed by atoms with Crippen molar-refractivity contribution in [2.75, 3.05) is 0 Å². The lowest BCUT2D eigenvalue weighted by atomic mass is 10.3. The number of nitriles is 1. The summed E-state index contributed by atoms with van der Waals surface area (Å²) >= 11 is 0. The Kier molecular flexibility index (Phi) is 10.6. The molecule has 0 aromatic rings. The second kappa shape index (κ2) is 9.64. The highest BCUT2D eigenvalue weighted by atomic mass is 14.7. The van der Waals surface area contributed by atoms with E-state index >= 15 is 0 Å². The standard InChI is InChI=1S/C7H8N2.C3H8/c1-6(5-8)4-7(2)9-3;1-3-2/h4H,1,3H2,2H3;3H2,1-2H3/b7-4-;. The first-order valence-electron chi connectivity index (χ1n) is 3.86. The van der Waals surface area contributed by atoms with Crippen molar-refractivity contribution in [1.82, 2.24) is 0 Å². The maximum Gasteiger partial charge on any atom is 0.0985 e. The molecule has 0 N–H and O–H groups in total. The molecule has 0 aliphatic rings. The van der Waals surface area contributed by atoms with E-state index in [1.165, 1.54) is 6.42 Å². The zero-order chi connectivity index (χ0) is 9.98. The average molecular weight is 164 g/mol. The van der Waals surface area contributed by atoms with Crippen LogP contribution in [0.3, 0.4) is 0 Å². The van der Waals surface area contributed by atoms with Gasteiger partial charge in [0, 0.05) is 11.3 Å². The van der Waals surface area contributed by atoms with Crippen LogP contribution in [0.2, 0.25) is 0 Å². The molecule has 0 bridgehead atoms. The van der Waals surface area contributed by atoms with Crippen molar-refractivity contribution in [3.63, 3.8) is 0 Å². The van der Waals surface area contributed by atoms with Crippen LogP contribution in [0.1, 0.15) is 27.2 Å². The first-order chi connectivity index (χ1) is 5.62. The first-order valence-corrected chi connectivity index (χ1v) is 3.86. The van der Waals surface area contributed by atoms with Gasteiger partial charge in [0.15, 0.2) is 0 Å². The number of hydrogen-bond acceptors (Lipinski definition) is 2. The smallest absolute Gasteiger partial charge is 0.0985 e. The van der Waals surface area contributed by atoms with Crippen LogP contribution in [0.5, 0.6) is 0 Å². The van der Waals surface area contributed by atoms with Gasteiger partial charge in [-0.15, -0.1) is 0 Å². The fourth-order valence-corrected chi connectivity index (χ4v) is 0.330. The summed E-state index contributed by atoms with van der Waals surface area (Å²) in [5.41, 5.74) is 1.11. The summed E-state index contributed by atoms with van der Waals surface area (Å²) in [4.78, 5) is 3.58. The summed E-state index contributed by atoms with van der Waals surface area (Å²) in [6, 6.07) is 1.87. The molecule has 0 radical (unpaired) electrons. The SMILES string of the molecule is C=N/C(C)=C\C(=C)C#N.CCC. The van der Waals surface area contributed by atoms with Gasteiger partial charge in [-0.1, -0.05) is 26.8 Å². The molecule has 2 heteroatoms. The molecule has 0 amide bonds. The van der Waals surface area contributed by atoms with Crippen molar-refractivity contribution in [1.29, 1.82) is 5.26 Å². The van der Waals surface area contributed by atoms with Gasteiger partial charge in [0.2, 0.25) is 0 Å². The highest BCUT2D eigenvalue weighted by Gasteiger charge is 1.83. The Morgan fingerprint density at radius 2 is 2.00 bits per heavy atom. The summed E-state index contributed by atoms with van der Waals surface area (Å²) in [5, 5.41) is 8.22. The molecule has 0 aliphatic heterocycles. The lowest BCUT2D eigenvalue weighted by molar-refractivity contribution is 1.09. The monoisotopic (exact) mass is 164 g/mol. The summed E-state index contributed by atoms with van der Waals surface area (Å²) in [6.45, 7) is 12.7. The highest BCUT2D eigenvalue weighted by Crippen LogP contribution is 1.97. The van der Waals surface area contributed by atoms with Gasteiger partial charge in [0.05, 0.1) is 6.07 Å². The molecular formula is C10H16N2. The molecule has 0 rings (SSSR count). The molecule has 0 fully saturated rings. The van der Waals surface area contributed by atoms with E-state index in [1.54, 1.807) is 13.0 Å². The zero-order valence-corrected chi connectivity index (χ0v) is 8.09. The molecule has 0 heterocycles. The Bertz CT molecular complexity index is 206. The van der Waals surface area contributed by atoms with E-state index in [2.05, 4.69) is 32.1 Å². The van der Waals surface area contributed by atoms with Gasteiger partial charge in [0.1, 0.15) is 0 Å². The number of rotatable bonds is 2. The van der Waals surface area contributed by atoms with E-state index in [9.17, 15) is 0 Å². The van der Waals surface area contributed by atoms with E-state index in [1.807, 2.05) is 6.07 Å². The Morgan fingerprint density at radius 3 is 2.25 bits per heavy atom. The lowest BCUT2D eigenvalue weighted by Gasteiger charge is -1.85. The lowest BCUT2D eigenvalue weighted by Crippen LogP contribution is -1.70. The third-order valence-corrected chi connectivity index (χ3v) is 0.776. The third-order valence-electron chi connectivity index (χ3n) is 0.776. The molecule has 0 aliphatic carbocycles. The number of hydrogen-bond donors (Lipinski definition) is 0. The van der Waals surface area contributed by atoms with Crippen molar-refractivity contribution in [3.8, 4) is 6.07 Å². The average Bonchev–Trinajstić information content (AvgIpc) is 2.05. The molecule has 0 saturated carbocycles. The quantitative estimate of drug-likeness (QED) is 0.351. The molecule has 0 unspecified atom stereocenters. The minimum atomic E-state index is 0.403. The fraction of sp³-hybridized carbons (Fsp3) is 0.400. The van der Waals surface area contributed by atoms with Crippen molar-refractivity contribution >= 4 is 6.72 Å². The van der Waals surface area contributed by atoms with E-state index in [0.717, 1.165) is 0 Å². The summed E-state index contributed by atoms with van der Waals surface area (Å²) in [6.07, 6.45) is 2.83. The number of nitrogens with zero attached hydrogens (tertiary/aromatic N) is 2. The van der Waals surface area contributed by atoms with Crippen LogP contribution in [-0.4, -0.2) is 6.72 Å². The van der Waals surface area contributed by atoms with Crippen LogP contribution in [-0.2, 0) is 0 Å². The van der Waals surface area contributed by atoms with E-state index in [-0.39, 0.29) is 0 Å². The molecule has 0 spiro atoms. The molecule has 0 aromatic carbocycles. The molecule has 0 saturated heterocycles. The molecule has 12 heavy (non-hydrogen) atoms. The van der Waals surface area contributed by atoms with Gasteiger partial charge in [0.25, 0.3) is 0 Å². The van der Waals surface area contributed by atoms with E-state index in [0.29, 0.717) is 11.3 Å². The maximum atomic E-state index is 8.22. The number of allylic oxidation sites excluding steroid dienone is 3. The predicted octanol–water partition coefficient (Wildman–Crippen LogP) is 3.09. The van der Waals surface area contributed by atoms with Gasteiger partial charge < -0.3 is 0 Å². The van der Waals surface area contributed by atoms with E-state index in [4.69, 9.17) is 5.26 Å². The summed E-state index contributed by atoms with van der Waals surface area (Å²) in [5.74, 6) is 0. The molecule has 66 valence electrons. The Hall–Kier alpha value is -1.36. The van der Waals surface area contributed by atoms with Crippen molar-refractivity contribution in [3.05, 3.63) is 23.9 Å². The van der Waals surface area contributed by atoms with Crippen LogP contribution >= 0.6 is 0 Å². The van der Waals surface area contributed by atoms with Crippen LogP contribution < -0.4 is 0 Å². The van der Waals surface area contributed by atoms with Crippen LogP contribution in [0.25, 0.3) is 0 Å². The molecule has 0 aromatic heterocycles. The summed E-state index contributed by atoms with van der Waals surface area (Å²) < 4.78 is 0. The number of aliphatic imine (C=N–C) groups is 1. The topological polar surface area (TPSA) is 36.1 Å². The molecule has 0 atom stereocenters. The van der Waals surface area contributed by atoms with Gasteiger partial charge in [-0.2, -0.15) is 5.26 Å². The van der Waals surface area contributed by atoms with Crippen LogP contribution in [0.4, 0.5) is 0 Å². The molecule has 2 nitrogen and oxygen atoms in total. The second-order valence-electron chi connectivity index (χ2n) is 2.29. The van der Waals surface area contributed by atoms with Gasteiger partial charge in [-0.05, 0) is 19.7 Å². The van der Waals surface area contributed by atoms with E-state index < -0.39 is 0 Å². The second-order valence-corrected chi connectivity index (χ2v) is 2.29. The summed E-state index contributed by atoms with van der Waals surface area (Å²) in [7, 11) is 0. The maximum absolute atomic E-state index is 8.22. The Labute approximate surface area is 74.9 Å². The largest absolute Gasteiger partial charge is 0.269 e. The van der Waals surface area contributed by atoms with Crippen molar-refractivity contribution in [2.24, 2.45) is 4.99 Å². The Balaban J connectivity index is 0. The van der Waals surface area contributed by atoms with Gasteiger partial charge in [-0.25, -0.2) is 0 Å². The zero-order valence-electron chi connectivity index (χ0n) is 8.09. The van der Waals surface area contributed by atoms with Gasteiger partial charge in [-0.3, -0.25) is 4.99 Å². The third kappa shape index (κ3) is 11.4. The van der Waals surface area contributed by atoms with Crippen molar-refractivity contribution < 1.29 is 0 Å².